The van der Waals surface area contributed by atoms with Crippen molar-refractivity contribution < 1.29 is 19.1 Å². The van der Waals surface area contributed by atoms with Gasteiger partial charge in [-0.05, 0) is 30.4 Å². The molecule has 0 aromatic heterocycles. The zero-order valence-electron chi connectivity index (χ0n) is 15.1. The normalized spacial score (nSPS) is 11.7. The average molecular weight is 384 g/mol. The minimum atomic E-state index is -0.275. The van der Waals surface area contributed by atoms with Crippen LogP contribution in [0.3, 0.4) is 0 Å². The molecule has 0 N–H and O–H groups in total. The molecule has 138 valence electrons. The summed E-state index contributed by atoms with van der Waals surface area (Å²) in [7, 11) is 1.36. The first-order valence-electron chi connectivity index (χ1n) is 8.07. The van der Waals surface area contributed by atoms with E-state index in [0.29, 0.717) is 19.4 Å². The lowest BCUT2D eigenvalue weighted by molar-refractivity contribution is -0.141. The van der Waals surface area contributed by atoms with Crippen LogP contribution in [0.1, 0.15) is 38.7 Å². The van der Waals surface area contributed by atoms with Gasteiger partial charge in [-0.2, -0.15) is 0 Å². The second-order valence-corrected chi connectivity index (χ2v) is 7.69. The summed E-state index contributed by atoms with van der Waals surface area (Å²) in [5.41, 5.74) is 0.963. The van der Waals surface area contributed by atoms with E-state index in [2.05, 4.69) is 0 Å². The van der Waals surface area contributed by atoms with Gasteiger partial charge >= 0.3 is 5.97 Å². The average Bonchev–Trinajstić information content (AvgIpc) is 2.59. The van der Waals surface area contributed by atoms with E-state index in [1.165, 1.54) is 25.8 Å². The number of thioether (sulfide) groups is 2. The number of carbonyl (C=O) groups excluding carboxylic acids is 3. The Hall–Kier alpha value is -1.47. The van der Waals surface area contributed by atoms with Crippen molar-refractivity contribution in [2.45, 2.75) is 49.9 Å². The summed E-state index contributed by atoms with van der Waals surface area (Å²) in [4.78, 5) is 37.8. The third kappa shape index (κ3) is 7.52. The van der Waals surface area contributed by atoms with Crippen molar-refractivity contribution in [2.24, 2.45) is 0 Å². The number of nitrogens with zero attached hydrogens (tertiary/aromatic N) is 1. The van der Waals surface area contributed by atoms with Gasteiger partial charge in [0.05, 0.1) is 12.5 Å². The Morgan fingerprint density at radius 3 is 2.56 bits per heavy atom. The highest BCUT2D eigenvalue weighted by molar-refractivity contribution is 8.13. The maximum atomic E-state index is 12.4. The standard InChI is InChI=1S/C18H25NO4S2/c1-5-16(21)19(17(24-4)9-10-18(22)23-3)12-14-7-6-8-15(11-14)25-13(2)20/h6-8,11,17H,5,9-10,12H2,1-4H3. The van der Waals surface area contributed by atoms with Crippen LogP contribution in [-0.2, 0) is 25.7 Å². The minimum absolute atomic E-state index is 0.0266. The van der Waals surface area contributed by atoms with Crippen LogP contribution in [-0.4, -0.2) is 40.6 Å². The Labute approximate surface area is 157 Å². The van der Waals surface area contributed by atoms with Gasteiger partial charge in [0.25, 0.3) is 0 Å². The third-order valence-electron chi connectivity index (χ3n) is 3.58. The van der Waals surface area contributed by atoms with Gasteiger partial charge in [0, 0.05) is 31.2 Å². The zero-order chi connectivity index (χ0) is 18.8. The fraction of sp³-hybridized carbons (Fsp3) is 0.500. The van der Waals surface area contributed by atoms with E-state index in [-0.39, 0.29) is 28.8 Å². The maximum Gasteiger partial charge on any atom is 0.305 e. The minimum Gasteiger partial charge on any atom is -0.469 e. The first-order valence-corrected chi connectivity index (χ1v) is 10.2. The number of carbonyl (C=O) groups is 3. The molecule has 7 heteroatoms. The number of methoxy groups -OCH3 is 1. The van der Waals surface area contributed by atoms with Crippen molar-refractivity contribution in [3.8, 4) is 0 Å². The second kappa shape index (κ2) is 11.2. The number of esters is 1. The highest BCUT2D eigenvalue weighted by Gasteiger charge is 2.23. The van der Waals surface area contributed by atoms with Crippen LogP contribution in [0.15, 0.2) is 29.2 Å². The molecule has 1 aromatic rings. The van der Waals surface area contributed by atoms with Crippen LogP contribution in [0.2, 0.25) is 0 Å². The van der Waals surface area contributed by atoms with Gasteiger partial charge < -0.3 is 9.64 Å². The quantitative estimate of drug-likeness (QED) is 0.368. The lowest BCUT2D eigenvalue weighted by Crippen LogP contribution is -2.37. The first-order chi connectivity index (χ1) is 11.9. The Morgan fingerprint density at radius 2 is 2.00 bits per heavy atom. The SMILES string of the molecule is CCC(=O)N(Cc1cccc(SC(C)=O)c1)C(CCC(=O)OC)SC. The molecule has 1 unspecified atom stereocenters. The molecule has 0 saturated carbocycles. The molecule has 1 aromatic carbocycles. The molecule has 1 rings (SSSR count). The summed E-state index contributed by atoms with van der Waals surface area (Å²) >= 11 is 2.72. The van der Waals surface area contributed by atoms with Crippen molar-refractivity contribution in [1.29, 1.82) is 0 Å². The zero-order valence-corrected chi connectivity index (χ0v) is 16.7. The van der Waals surface area contributed by atoms with Crippen LogP contribution >= 0.6 is 23.5 Å². The molecule has 0 heterocycles. The highest BCUT2D eigenvalue weighted by atomic mass is 32.2. The molecule has 0 aliphatic rings. The van der Waals surface area contributed by atoms with E-state index in [0.717, 1.165) is 10.5 Å². The van der Waals surface area contributed by atoms with Crippen molar-refractivity contribution in [1.82, 2.24) is 4.90 Å². The van der Waals surface area contributed by atoms with Gasteiger partial charge in [0.2, 0.25) is 5.91 Å². The summed E-state index contributed by atoms with van der Waals surface area (Å²) in [6.45, 7) is 3.81. The molecular weight excluding hydrogens is 358 g/mol. The Bertz CT molecular complexity index is 606. The molecule has 1 amide bonds. The number of ether oxygens (including phenoxy) is 1. The predicted octanol–water partition coefficient (Wildman–Crippen LogP) is 3.71. The maximum absolute atomic E-state index is 12.4. The van der Waals surface area contributed by atoms with Crippen LogP contribution in [0.4, 0.5) is 0 Å². The third-order valence-corrected chi connectivity index (χ3v) is 5.39. The summed E-state index contributed by atoms with van der Waals surface area (Å²) in [6.07, 6.45) is 3.15. The fourth-order valence-corrected chi connectivity index (χ4v) is 3.86. The van der Waals surface area contributed by atoms with E-state index in [1.807, 2.05) is 37.4 Å². The monoisotopic (exact) mass is 383 g/mol. The summed E-state index contributed by atoms with van der Waals surface area (Å²) in [6, 6.07) is 7.64. The predicted molar refractivity (Wildman–Crippen MR) is 102 cm³/mol. The molecule has 0 bridgehead atoms. The topological polar surface area (TPSA) is 63.7 Å². The molecule has 0 fully saturated rings. The number of amides is 1. The van der Waals surface area contributed by atoms with Crippen molar-refractivity contribution in [3.63, 3.8) is 0 Å². The van der Waals surface area contributed by atoms with E-state index in [4.69, 9.17) is 4.74 Å². The van der Waals surface area contributed by atoms with Gasteiger partial charge in [-0.15, -0.1) is 11.8 Å². The van der Waals surface area contributed by atoms with E-state index in [1.54, 1.807) is 16.7 Å². The van der Waals surface area contributed by atoms with E-state index < -0.39 is 0 Å². The molecule has 25 heavy (non-hydrogen) atoms. The van der Waals surface area contributed by atoms with E-state index >= 15 is 0 Å². The summed E-state index contributed by atoms with van der Waals surface area (Å²) < 4.78 is 4.70. The first kappa shape index (κ1) is 21.6. The lowest BCUT2D eigenvalue weighted by atomic mass is 10.2. The molecule has 5 nitrogen and oxygen atoms in total. The van der Waals surface area contributed by atoms with Crippen molar-refractivity contribution >= 4 is 40.5 Å². The Morgan fingerprint density at radius 1 is 1.28 bits per heavy atom. The lowest BCUT2D eigenvalue weighted by Gasteiger charge is -2.30. The molecule has 1 atom stereocenters. The van der Waals surface area contributed by atoms with Crippen LogP contribution < -0.4 is 0 Å². The molecule has 0 aliphatic heterocycles. The second-order valence-electron chi connectivity index (χ2n) is 5.42. The largest absolute Gasteiger partial charge is 0.469 e. The molecule has 0 spiro atoms. The Kier molecular flexibility index (Phi) is 9.67. The molecule has 0 saturated heterocycles. The van der Waals surface area contributed by atoms with Crippen LogP contribution in [0.25, 0.3) is 0 Å². The Balaban J connectivity index is 2.92. The molecular formula is C18H25NO4S2. The van der Waals surface area contributed by atoms with Crippen molar-refractivity contribution in [3.05, 3.63) is 29.8 Å². The van der Waals surface area contributed by atoms with Gasteiger partial charge in [-0.1, -0.05) is 30.8 Å². The van der Waals surface area contributed by atoms with E-state index in [9.17, 15) is 14.4 Å². The van der Waals surface area contributed by atoms with Crippen LogP contribution in [0.5, 0.6) is 0 Å². The van der Waals surface area contributed by atoms with Crippen LogP contribution in [0, 0.1) is 0 Å². The fourth-order valence-electron chi connectivity index (χ4n) is 2.37. The molecule has 0 radical (unpaired) electrons. The van der Waals surface area contributed by atoms with Gasteiger partial charge in [-0.25, -0.2) is 0 Å². The summed E-state index contributed by atoms with van der Waals surface area (Å²) in [5.74, 6) is -0.239. The number of benzene rings is 1. The smallest absolute Gasteiger partial charge is 0.305 e. The van der Waals surface area contributed by atoms with Crippen molar-refractivity contribution in [2.75, 3.05) is 13.4 Å². The number of rotatable bonds is 9. The number of hydrogen-bond donors (Lipinski definition) is 0. The summed E-state index contributed by atoms with van der Waals surface area (Å²) in [5, 5.41) is -0.0747. The van der Waals surface area contributed by atoms with Gasteiger partial charge in [0.1, 0.15) is 0 Å². The molecule has 0 aliphatic carbocycles. The van der Waals surface area contributed by atoms with Gasteiger partial charge in [-0.3, -0.25) is 14.4 Å². The highest BCUT2D eigenvalue weighted by Crippen LogP contribution is 2.25. The number of hydrogen-bond acceptors (Lipinski definition) is 6. The van der Waals surface area contributed by atoms with Gasteiger partial charge in [0.15, 0.2) is 5.12 Å².